The normalized spacial score (nSPS) is 13.2. The van der Waals surface area contributed by atoms with E-state index in [0.717, 1.165) is 33.8 Å². The number of benzene rings is 3. The van der Waals surface area contributed by atoms with Gasteiger partial charge in [-0.15, -0.1) is 0 Å². The first-order valence-corrected chi connectivity index (χ1v) is 14.2. The van der Waals surface area contributed by atoms with Crippen molar-refractivity contribution in [2.75, 3.05) is 5.32 Å². The van der Waals surface area contributed by atoms with Gasteiger partial charge in [-0.25, -0.2) is 0 Å². The molecule has 0 unspecified atom stereocenters. The van der Waals surface area contributed by atoms with Crippen molar-refractivity contribution >= 4 is 44.5 Å². The van der Waals surface area contributed by atoms with Gasteiger partial charge in [0.05, 0.1) is 11.4 Å². The minimum Gasteiger partial charge on any atom is -0.345 e. The van der Waals surface area contributed by atoms with Crippen LogP contribution in [-0.2, 0) is 13.0 Å². The molecule has 1 aliphatic heterocycles. The number of nitrogens with one attached hydrogen (secondary N) is 1. The highest BCUT2D eigenvalue weighted by Gasteiger charge is 2.28. The van der Waals surface area contributed by atoms with Crippen LogP contribution in [0.5, 0.6) is 0 Å². The third kappa shape index (κ3) is 4.45. The van der Waals surface area contributed by atoms with Gasteiger partial charge in [-0.05, 0) is 66.1 Å². The molecule has 0 bridgehead atoms. The quantitative estimate of drug-likeness (QED) is 0.214. The molecule has 3 nitrogen and oxygen atoms in total. The summed E-state index contributed by atoms with van der Waals surface area (Å²) < 4.78 is 5.91. The van der Waals surface area contributed by atoms with Crippen molar-refractivity contribution < 1.29 is 0 Å². The maximum Gasteiger partial charge on any atom is 0.128 e. The van der Waals surface area contributed by atoms with Crippen molar-refractivity contribution in [3.63, 3.8) is 0 Å². The van der Waals surface area contributed by atoms with Crippen molar-refractivity contribution in [1.29, 1.82) is 0 Å². The summed E-state index contributed by atoms with van der Waals surface area (Å²) in [5.74, 6) is 0.501. The van der Waals surface area contributed by atoms with E-state index in [1.165, 1.54) is 52.0 Å². The lowest BCUT2D eigenvalue weighted by Gasteiger charge is -2.13. The Morgan fingerprint density at radius 3 is 2.32 bits per heavy atom. The minimum atomic E-state index is 0.501. The fourth-order valence-electron chi connectivity index (χ4n) is 5.52. The highest BCUT2D eigenvalue weighted by atomic mass is 79.9. The Bertz CT molecular complexity index is 1580. The molecule has 0 amide bonds. The first kappa shape index (κ1) is 24.2. The third-order valence-corrected chi connectivity index (χ3v) is 8.21. The first-order valence-electron chi connectivity index (χ1n) is 13.0. The molecule has 37 heavy (non-hydrogen) atoms. The fraction of sp³-hybridized carbons (Fsp3) is 0.219. The third-order valence-electron chi connectivity index (χ3n) is 7.39. The molecule has 5 heteroatoms. The molecule has 186 valence electrons. The first-order chi connectivity index (χ1) is 18.0. The predicted octanol–water partition coefficient (Wildman–Crippen LogP) is 9.08. The largest absolute Gasteiger partial charge is 0.345 e. The molecule has 3 heterocycles. The summed E-state index contributed by atoms with van der Waals surface area (Å²) in [5.41, 5.74) is 11.0. The number of anilines is 1. The lowest BCUT2D eigenvalue weighted by atomic mass is 9.95. The average Bonchev–Trinajstić information content (AvgIpc) is 3.33. The van der Waals surface area contributed by atoms with Gasteiger partial charge >= 0.3 is 0 Å². The number of aryl methyl sites for hydroxylation is 2. The maximum atomic E-state index is 6.15. The van der Waals surface area contributed by atoms with E-state index in [0.29, 0.717) is 5.92 Å². The zero-order valence-electron chi connectivity index (χ0n) is 21.2. The minimum absolute atomic E-state index is 0.501. The van der Waals surface area contributed by atoms with Crippen LogP contribution in [0, 0.1) is 0 Å². The second-order valence-corrected chi connectivity index (χ2v) is 11.4. The van der Waals surface area contributed by atoms with Crippen LogP contribution in [0.3, 0.4) is 0 Å². The molecule has 5 aromatic rings. The van der Waals surface area contributed by atoms with Gasteiger partial charge in [0.1, 0.15) is 10.6 Å². The molecule has 3 aromatic carbocycles. The number of hydrogen-bond acceptors (Lipinski definition) is 1. The molecular weight excluding hydrogens is 538 g/mol. The van der Waals surface area contributed by atoms with Crippen LogP contribution < -0.4 is 5.32 Å². The Morgan fingerprint density at radius 1 is 0.892 bits per heavy atom. The van der Waals surface area contributed by atoms with Crippen molar-refractivity contribution in [2.45, 2.75) is 45.6 Å². The summed E-state index contributed by atoms with van der Waals surface area (Å²) in [4.78, 5) is 0.740. The molecule has 0 saturated heterocycles. The van der Waals surface area contributed by atoms with E-state index < -0.39 is 0 Å². The van der Waals surface area contributed by atoms with Crippen molar-refractivity contribution in [3.8, 4) is 22.4 Å². The van der Waals surface area contributed by atoms with Crippen LogP contribution in [0.25, 0.3) is 28.0 Å². The van der Waals surface area contributed by atoms with E-state index >= 15 is 0 Å². The molecular formula is C32H30BrN3S. The zero-order chi connectivity index (χ0) is 25.5. The van der Waals surface area contributed by atoms with Crippen molar-refractivity contribution in [2.24, 2.45) is 0 Å². The SMILES string of the molecule is CC(C)c1ccc(-c2c3c4n(c(-c5ccccc5)cn4c2C(=S)Nc2ccc(Br)cc2)CCCC3)cc1. The monoisotopic (exact) mass is 567 g/mol. The van der Waals surface area contributed by atoms with Gasteiger partial charge in [0.2, 0.25) is 0 Å². The molecule has 1 aliphatic rings. The summed E-state index contributed by atoms with van der Waals surface area (Å²) in [6.45, 7) is 5.49. The lowest BCUT2D eigenvalue weighted by Crippen LogP contribution is -2.14. The van der Waals surface area contributed by atoms with Gasteiger partial charge in [-0.3, -0.25) is 4.40 Å². The molecule has 0 saturated carbocycles. The van der Waals surface area contributed by atoms with Crippen LogP contribution >= 0.6 is 28.1 Å². The molecule has 0 atom stereocenters. The summed E-state index contributed by atoms with van der Waals surface area (Å²) in [7, 11) is 0. The predicted molar refractivity (Wildman–Crippen MR) is 163 cm³/mol. The Hall–Kier alpha value is -3.15. The van der Waals surface area contributed by atoms with Crippen LogP contribution in [0.4, 0.5) is 5.69 Å². The molecule has 0 fully saturated rings. The van der Waals surface area contributed by atoms with Crippen molar-refractivity contribution in [3.05, 3.63) is 106 Å². The molecule has 2 aromatic heterocycles. The van der Waals surface area contributed by atoms with E-state index in [1.54, 1.807) is 0 Å². The number of hydrogen-bond donors (Lipinski definition) is 1. The van der Waals surface area contributed by atoms with Gasteiger partial charge in [0.25, 0.3) is 0 Å². The Kier molecular flexibility index (Phi) is 6.51. The Balaban J connectivity index is 1.59. The fourth-order valence-corrected chi connectivity index (χ4v) is 6.10. The molecule has 0 spiro atoms. The van der Waals surface area contributed by atoms with Crippen LogP contribution in [-0.4, -0.2) is 14.0 Å². The summed E-state index contributed by atoms with van der Waals surface area (Å²) in [6.07, 6.45) is 5.67. The van der Waals surface area contributed by atoms with Gasteiger partial charge in [-0.2, -0.15) is 0 Å². The highest BCUT2D eigenvalue weighted by molar-refractivity contribution is 9.10. The number of imidazole rings is 1. The lowest BCUT2D eigenvalue weighted by molar-refractivity contribution is 0.647. The number of aromatic nitrogens is 2. The second-order valence-electron chi connectivity index (χ2n) is 10.1. The standard InChI is InChI=1S/C32H30BrN3S/c1-21(2)22-11-13-24(14-12-22)29-27-10-6-7-19-35-28(23-8-4-3-5-9-23)20-36(32(27)35)30(29)31(37)34-26-17-15-25(33)16-18-26/h3-5,8-9,11-18,20-21H,6-7,10,19H2,1-2H3,(H,34,37). The highest BCUT2D eigenvalue weighted by Crippen LogP contribution is 2.40. The van der Waals surface area contributed by atoms with Crippen molar-refractivity contribution in [1.82, 2.24) is 8.97 Å². The van der Waals surface area contributed by atoms with Gasteiger partial charge < -0.3 is 9.88 Å². The van der Waals surface area contributed by atoms with Gasteiger partial charge in [0, 0.05) is 34.0 Å². The van der Waals surface area contributed by atoms with E-state index in [2.05, 4.69) is 117 Å². The second kappa shape index (κ2) is 9.96. The zero-order valence-corrected chi connectivity index (χ0v) is 23.6. The average molecular weight is 569 g/mol. The van der Waals surface area contributed by atoms with Crippen LogP contribution in [0.15, 0.2) is 89.5 Å². The Labute approximate surface area is 232 Å². The van der Waals surface area contributed by atoms with Gasteiger partial charge in [0.15, 0.2) is 0 Å². The molecule has 0 radical (unpaired) electrons. The maximum absolute atomic E-state index is 6.15. The molecule has 1 N–H and O–H groups in total. The van der Waals surface area contributed by atoms with Gasteiger partial charge in [-0.1, -0.05) is 96.6 Å². The van der Waals surface area contributed by atoms with E-state index in [9.17, 15) is 0 Å². The smallest absolute Gasteiger partial charge is 0.128 e. The van der Waals surface area contributed by atoms with Crippen LogP contribution in [0.2, 0.25) is 0 Å². The van der Waals surface area contributed by atoms with E-state index in [4.69, 9.17) is 12.2 Å². The Morgan fingerprint density at radius 2 is 1.62 bits per heavy atom. The number of thiocarbonyl (C=S) groups is 1. The number of rotatable bonds is 5. The molecule has 0 aliphatic carbocycles. The summed E-state index contributed by atoms with van der Waals surface area (Å²) >= 11 is 9.69. The van der Waals surface area contributed by atoms with E-state index in [1.807, 2.05) is 12.1 Å². The summed E-state index contributed by atoms with van der Waals surface area (Å²) in [6, 6.07) is 28.0. The molecule has 6 rings (SSSR count). The number of halogens is 1. The van der Waals surface area contributed by atoms with E-state index in [-0.39, 0.29) is 0 Å². The number of nitrogens with zero attached hydrogens (tertiary/aromatic N) is 2. The summed E-state index contributed by atoms with van der Waals surface area (Å²) in [5, 5.41) is 3.54. The topological polar surface area (TPSA) is 21.4 Å². The van der Waals surface area contributed by atoms with Crippen LogP contribution in [0.1, 0.15) is 49.4 Å².